The molecule has 0 radical (unpaired) electrons. The minimum Gasteiger partial charge on any atom is -0.393 e. The molecule has 1 aliphatic heterocycles. The third kappa shape index (κ3) is 3.87. The van der Waals surface area contributed by atoms with E-state index >= 15 is 0 Å². The van der Waals surface area contributed by atoms with Crippen LogP contribution in [0, 0.1) is 11.8 Å². The van der Waals surface area contributed by atoms with Crippen LogP contribution < -0.4 is 5.32 Å². The van der Waals surface area contributed by atoms with Gasteiger partial charge >= 0.3 is 0 Å². The Bertz CT molecular complexity index is 870. The van der Waals surface area contributed by atoms with Crippen LogP contribution in [0.15, 0.2) is 36.5 Å². The number of likely N-dealkylation sites (tertiary alicyclic amines) is 1. The monoisotopic (exact) mass is 381 g/mol. The van der Waals surface area contributed by atoms with E-state index in [0.29, 0.717) is 38.8 Å². The fourth-order valence-electron chi connectivity index (χ4n) is 4.36. The number of nitrogens with one attached hydrogen (secondary N) is 1. The lowest BCUT2D eigenvalue weighted by molar-refractivity contribution is -0.134. The normalized spacial score (nSPS) is 23.9. The molecule has 0 bridgehead atoms. The predicted molar refractivity (Wildman–Crippen MR) is 106 cm³/mol. The van der Waals surface area contributed by atoms with Gasteiger partial charge in [0.15, 0.2) is 0 Å². The second kappa shape index (κ2) is 7.87. The molecule has 2 amide bonds. The first kappa shape index (κ1) is 18.9. The summed E-state index contributed by atoms with van der Waals surface area (Å²) in [5, 5.41) is 14.1. The fraction of sp³-hybridized carbons (Fsp3) is 0.500. The standard InChI is InChI=1S/C22H27N3O3/c1-14(26)25-8-6-15(7-9-25)22(28)24-21(17-11-19(27)12-17)18-10-16-4-2-3-5-20(16)23-13-18/h2-5,10,13,15,17,19,21,27H,6-9,11-12H2,1H3,(H,24,28)/t17?,19?,21-/m0/s1. The molecular formula is C22H27N3O3. The van der Waals surface area contributed by atoms with Crippen molar-refractivity contribution >= 4 is 22.7 Å². The molecule has 2 aromatic rings. The molecule has 4 rings (SSSR count). The topological polar surface area (TPSA) is 82.5 Å². The zero-order valence-corrected chi connectivity index (χ0v) is 16.2. The Kier molecular flexibility index (Phi) is 5.31. The zero-order chi connectivity index (χ0) is 19.7. The summed E-state index contributed by atoms with van der Waals surface area (Å²) in [6.45, 7) is 2.85. The number of carbonyl (C=O) groups excluding carboxylic acids is 2. The van der Waals surface area contributed by atoms with Gasteiger partial charge in [-0.25, -0.2) is 0 Å². The van der Waals surface area contributed by atoms with Crippen LogP contribution in [0.3, 0.4) is 0 Å². The molecule has 1 aromatic carbocycles. The van der Waals surface area contributed by atoms with Crippen molar-refractivity contribution in [2.24, 2.45) is 11.8 Å². The van der Waals surface area contributed by atoms with Crippen LogP contribution in [-0.2, 0) is 9.59 Å². The Hall–Kier alpha value is -2.47. The first-order chi connectivity index (χ1) is 13.5. The summed E-state index contributed by atoms with van der Waals surface area (Å²) in [5.74, 6) is 0.265. The lowest BCUT2D eigenvalue weighted by Crippen LogP contribution is -2.46. The highest BCUT2D eigenvalue weighted by atomic mass is 16.3. The number of hydrogen-bond donors (Lipinski definition) is 2. The second-order valence-corrected chi connectivity index (χ2v) is 8.11. The molecule has 28 heavy (non-hydrogen) atoms. The number of para-hydroxylation sites is 1. The van der Waals surface area contributed by atoms with Crippen LogP contribution in [-0.4, -0.2) is 46.0 Å². The van der Waals surface area contributed by atoms with Crippen molar-refractivity contribution in [1.29, 1.82) is 0 Å². The van der Waals surface area contributed by atoms with Crippen LogP contribution in [0.5, 0.6) is 0 Å². The summed E-state index contributed by atoms with van der Waals surface area (Å²) in [7, 11) is 0. The van der Waals surface area contributed by atoms with Gasteiger partial charge in [-0.3, -0.25) is 14.6 Å². The van der Waals surface area contributed by atoms with Crippen molar-refractivity contribution in [2.75, 3.05) is 13.1 Å². The van der Waals surface area contributed by atoms with E-state index in [1.807, 2.05) is 30.5 Å². The van der Waals surface area contributed by atoms with Crippen LogP contribution in [0.25, 0.3) is 10.9 Å². The molecule has 1 aliphatic carbocycles. The number of piperidine rings is 1. The summed E-state index contributed by atoms with van der Waals surface area (Å²) in [5.41, 5.74) is 1.92. The summed E-state index contributed by atoms with van der Waals surface area (Å²) in [6, 6.07) is 9.90. The Morgan fingerprint density at radius 3 is 2.61 bits per heavy atom. The van der Waals surface area contributed by atoms with E-state index in [1.165, 1.54) is 0 Å². The minimum atomic E-state index is -0.281. The number of aromatic nitrogens is 1. The largest absolute Gasteiger partial charge is 0.393 e. The molecule has 6 heteroatoms. The molecule has 2 fully saturated rings. The number of fused-ring (bicyclic) bond motifs is 1. The number of carbonyl (C=O) groups is 2. The van der Waals surface area contributed by atoms with Gasteiger partial charge in [-0.05, 0) is 49.3 Å². The Morgan fingerprint density at radius 2 is 1.93 bits per heavy atom. The Morgan fingerprint density at radius 1 is 1.21 bits per heavy atom. The molecule has 6 nitrogen and oxygen atoms in total. The molecule has 1 saturated carbocycles. The van der Waals surface area contributed by atoms with Gasteiger partial charge in [0.2, 0.25) is 11.8 Å². The number of pyridine rings is 1. The van der Waals surface area contributed by atoms with Crippen LogP contribution in [0.2, 0.25) is 0 Å². The average Bonchev–Trinajstić information content (AvgIpc) is 2.69. The molecule has 2 N–H and O–H groups in total. The number of rotatable bonds is 4. The Balaban J connectivity index is 1.50. The molecule has 148 valence electrons. The van der Waals surface area contributed by atoms with Crippen molar-refractivity contribution in [2.45, 2.75) is 44.8 Å². The van der Waals surface area contributed by atoms with E-state index in [4.69, 9.17) is 0 Å². The highest BCUT2D eigenvalue weighted by Crippen LogP contribution is 2.39. The number of benzene rings is 1. The summed E-state index contributed by atoms with van der Waals surface area (Å²) < 4.78 is 0. The number of nitrogens with zero attached hydrogens (tertiary/aromatic N) is 2. The highest BCUT2D eigenvalue weighted by molar-refractivity contribution is 5.81. The predicted octanol–water partition coefficient (Wildman–Crippen LogP) is 2.42. The quantitative estimate of drug-likeness (QED) is 0.852. The maximum absolute atomic E-state index is 13.0. The molecule has 2 aliphatic rings. The summed E-state index contributed by atoms with van der Waals surface area (Å²) in [6.07, 6.45) is 4.34. The number of amides is 2. The number of hydrogen-bond acceptors (Lipinski definition) is 4. The molecule has 0 spiro atoms. The van der Waals surface area contributed by atoms with Gasteiger partial charge in [0.1, 0.15) is 0 Å². The number of aliphatic hydroxyl groups is 1. The molecule has 1 saturated heterocycles. The minimum absolute atomic E-state index is 0.0442. The molecule has 2 heterocycles. The third-order valence-electron chi connectivity index (χ3n) is 6.20. The van der Waals surface area contributed by atoms with Gasteiger partial charge in [-0.2, -0.15) is 0 Å². The van der Waals surface area contributed by atoms with E-state index < -0.39 is 0 Å². The first-order valence-corrected chi connectivity index (χ1v) is 10.1. The van der Waals surface area contributed by atoms with Crippen LogP contribution in [0.4, 0.5) is 0 Å². The van der Waals surface area contributed by atoms with Gasteiger partial charge in [0.25, 0.3) is 0 Å². The molecule has 1 aromatic heterocycles. The van der Waals surface area contributed by atoms with E-state index in [0.717, 1.165) is 16.5 Å². The van der Waals surface area contributed by atoms with Crippen LogP contribution in [0.1, 0.15) is 44.2 Å². The fourth-order valence-corrected chi connectivity index (χ4v) is 4.36. The van der Waals surface area contributed by atoms with E-state index in [1.54, 1.807) is 11.8 Å². The molecular weight excluding hydrogens is 354 g/mol. The van der Waals surface area contributed by atoms with Crippen molar-refractivity contribution in [3.63, 3.8) is 0 Å². The maximum Gasteiger partial charge on any atom is 0.223 e. The molecule has 1 atom stereocenters. The van der Waals surface area contributed by atoms with Crippen molar-refractivity contribution in [1.82, 2.24) is 15.2 Å². The van der Waals surface area contributed by atoms with Gasteiger partial charge in [0, 0.05) is 37.5 Å². The van der Waals surface area contributed by atoms with E-state index in [2.05, 4.69) is 16.4 Å². The van der Waals surface area contributed by atoms with Gasteiger partial charge < -0.3 is 15.3 Å². The number of aliphatic hydroxyl groups excluding tert-OH is 1. The lowest BCUT2D eigenvalue weighted by Gasteiger charge is -2.39. The van der Waals surface area contributed by atoms with Crippen molar-refractivity contribution in [3.05, 3.63) is 42.1 Å². The SMILES string of the molecule is CC(=O)N1CCC(C(=O)N[C@H](c2cnc3ccccc3c2)C2CC(O)C2)CC1. The smallest absolute Gasteiger partial charge is 0.223 e. The Labute approximate surface area is 164 Å². The summed E-state index contributed by atoms with van der Waals surface area (Å²) in [4.78, 5) is 30.8. The van der Waals surface area contributed by atoms with Crippen molar-refractivity contribution in [3.8, 4) is 0 Å². The highest BCUT2D eigenvalue weighted by Gasteiger charge is 2.37. The van der Waals surface area contributed by atoms with Crippen molar-refractivity contribution < 1.29 is 14.7 Å². The first-order valence-electron chi connectivity index (χ1n) is 10.1. The van der Waals surface area contributed by atoms with E-state index in [-0.39, 0.29) is 35.8 Å². The zero-order valence-electron chi connectivity index (χ0n) is 16.2. The van der Waals surface area contributed by atoms with Gasteiger partial charge in [0.05, 0.1) is 17.7 Å². The lowest BCUT2D eigenvalue weighted by atomic mass is 9.75. The molecule has 0 unspecified atom stereocenters. The summed E-state index contributed by atoms with van der Waals surface area (Å²) >= 11 is 0. The van der Waals surface area contributed by atoms with E-state index in [9.17, 15) is 14.7 Å². The maximum atomic E-state index is 13.0. The third-order valence-corrected chi connectivity index (χ3v) is 6.20. The second-order valence-electron chi connectivity index (χ2n) is 8.11. The van der Waals surface area contributed by atoms with Gasteiger partial charge in [-0.1, -0.05) is 18.2 Å². The average molecular weight is 381 g/mol. The van der Waals surface area contributed by atoms with Crippen LogP contribution >= 0.6 is 0 Å². The van der Waals surface area contributed by atoms with Gasteiger partial charge in [-0.15, -0.1) is 0 Å².